The highest BCUT2D eigenvalue weighted by Gasteiger charge is 2.16. The third kappa shape index (κ3) is 2.08. The number of para-hydroxylation sites is 1. The first-order valence-electron chi connectivity index (χ1n) is 5.25. The van der Waals surface area contributed by atoms with Gasteiger partial charge in [0.1, 0.15) is 17.7 Å². The van der Waals surface area contributed by atoms with Crippen molar-refractivity contribution in [2.75, 3.05) is 12.8 Å². The molecule has 0 saturated heterocycles. The molecule has 1 aromatic carbocycles. The predicted octanol–water partition coefficient (Wildman–Crippen LogP) is 2.70. The molecule has 4 nitrogen and oxygen atoms in total. The van der Waals surface area contributed by atoms with Crippen molar-refractivity contribution < 1.29 is 9.13 Å². The zero-order valence-electron chi connectivity index (χ0n) is 9.70. The Hall–Kier alpha value is -2.04. The monoisotopic (exact) mass is 235 g/mol. The SMILES string of the molecule is COc1c(-c2cc(N)n[nH]2)cccc1C(C)F. The molecule has 1 heterocycles. The lowest BCUT2D eigenvalue weighted by atomic mass is 10.0. The van der Waals surface area contributed by atoms with E-state index < -0.39 is 6.17 Å². The number of nitrogens with two attached hydrogens (primary N) is 1. The first-order chi connectivity index (χ1) is 8.13. The number of nitrogen functional groups attached to an aromatic ring is 1. The Bertz CT molecular complexity index is 522. The molecule has 17 heavy (non-hydrogen) atoms. The standard InChI is InChI=1S/C12H14FN3O/c1-7(13)8-4-3-5-9(12(8)17-2)10-6-11(14)16-15-10/h3-7H,1-2H3,(H3,14,15,16). The van der Waals surface area contributed by atoms with Crippen LogP contribution in [0.2, 0.25) is 0 Å². The number of halogens is 1. The third-order valence-electron chi connectivity index (χ3n) is 2.57. The number of nitrogens with one attached hydrogen (secondary N) is 1. The van der Waals surface area contributed by atoms with Crippen LogP contribution in [0.15, 0.2) is 24.3 Å². The van der Waals surface area contributed by atoms with Gasteiger partial charge in [-0.1, -0.05) is 12.1 Å². The van der Waals surface area contributed by atoms with Crippen molar-refractivity contribution in [3.63, 3.8) is 0 Å². The summed E-state index contributed by atoms with van der Waals surface area (Å²) in [7, 11) is 1.52. The Kier molecular flexibility index (Phi) is 2.99. The molecule has 1 aromatic heterocycles. The van der Waals surface area contributed by atoms with Crippen molar-refractivity contribution in [2.45, 2.75) is 13.1 Å². The van der Waals surface area contributed by atoms with Crippen LogP contribution in [-0.4, -0.2) is 17.3 Å². The zero-order valence-corrected chi connectivity index (χ0v) is 9.70. The fourth-order valence-electron chi connectivity index (χ4n) is 1.78. The number of hydrogen-bond acceptors (Lipinski definition) is 3. The van der Waals surface area contributed by atoms with E-state index in [0.29, 0.717) is 22.8 Å². The van der Waals surface area contributed by atoms with Gasteiger partial charge < -0.3 is 10.5 Å². The summed E-state index contributed by atoms with van der Waals surface area (Å²) in [5.41, 5.74) is 7.52. The maximum absolute atomic E-state index is 13.5. The smallest absolute Gasteiger partial charge is 0.145 e. The van der Waals surface area contributed by atoms with Gasteiger partial charge in [0.25, 0.3) is 0 Å². The van der Waals surface area contributed by atoms with Crippen molar-refractivity contribution in [3.8, 4) is 17.0 Å². The molecule has 0 aliphatic heterocycles. The van der Waals surface area contributed by atoms with Gasteiger partial charge in [0.2, 0.25) is 0 Å². The zero-order chi connectivity index (χ0) is 12.4. The first kappa shape index (κ1) is 11.4. The van der Waals surface area contributed by atoms with E-state index in [9.17, 15) is 4.39 Å². The van der Waals surface area contributed by atoms with E-state index in [1.165, 1.54) is 14.0 Å². The minimum atomic E-state index is -1.09. The van der Waals surface area contributed by atoms with Crippen LogP contribution in [0.3, 0.4) is 0 Å². The minimum absolute atomic E-state index is 0.390. The van der Waals surface area contributed by atoms with Crippen LogP contribution in [0.4, 0.5) is 10.2 Å². The number of ether oxygens (including phenoxy) is 1. The van der Waals surface area contributed by atoms with E-state index in [-0.39, 0.29) is 0 Å². The number of alkyl halides is 1. The van der Waals surface area contributed by atoms with E-state index >= 15 is 0 Å². The van der Waals surface area contributed by atoms with Crippen LogP contribution in [0, 0.1) is 0 Å². The molecule has 0 fully saturated rings. The molecule has 0 radical (unpaired) electrons. The Morgan fingerprint density at radius 2 is 2.24 bits per heavy atom. The molecule has 3 N–H and O–H groups in total. The number of benzene rings is 1. The molecule has 1 unspecified atom stereocenters. The molecule has 5 heteroatoms. The lowest BCUT2D eigenvalue weighted by Gasteiger charge is -2.13. The average molecular weight is 235 g/mol. The number of rotatable bonds is 3. The minimum Gasteiger partial charge on any atom is -0.496 e. The van der Waals surface area contributed by atoms with E-state index in [0.717, 1.165) is 5.56 Å². The number of nitrogens with zero attached hydrogens (tertiary/aromatic N) is 1. The van der Waals surface area contributed by atoms with Crippen molar-refractivity contribution in [2.24, 2.45) is 0 Å². The van der Waals surface area contributed by atoms with Crippen LogP contribution in [0.1, 0.15) is 18.7 Å². The molecule has 0 bridgehead atoms. The molecule has 0 saturated carbocycles. The predicted molar refractivity (Wildman–Crippen MR) is 64.5 cm³/mol. The fourth-order valence-corrected chi connectivity index (χ4v) is 1.78. The number of aromatic amines is 1. The van der Waals surface area contributed by atoms with Gasteiger partial charge >= 0.3 is 0 Å². The molecule has 0 amide bonds. The van der Waals surface area contributed by atoms with Crippen molar-refractivity contribution in [3.05, 3.63) is 29.8 Å². The second-order valence-corrected chi connectivity index (χ2v) is 3.75. The Morgan fingerprint density at radius 1 is 1.47 bits per heavy atom. The number of H-pyrrole nitrogens is 1. The molecular formula is C12H14FN3O. The maximum Gasteiger partial charge on any atom is 0.145 e. The molecule has 1 atom stereocenters. The first-order valence-corrected chi connectivity index (χ1v) is 5.25. The van der Waals surface area contributed by atoms with Crippen molar-refractivity contribution in [1.29, 1.82) is 0 Å². The van der Waals surface area contributed by atoms with Crippen molar-refractivity contribution in [1.82, 2.24) is 10.2 Å². The second-order valence-electron chi connectivity index (χ2n) is 3.75. The highest BCUT2D eigenvalue weighted by molar-refractivity contribution is 5.71. The largest absolute Gasteiger partial charge is 0.496 e. The number of methoxy groups -OCH3 is 1. The summed E-state index contributed by atoms with van der Waals surface area (Å²) in [5, 5.41) is 6.63. The number of anilines is 1. The average Bonchev–Trinajstić information content (AvgIpc) is 2.74. The Morgan fingerprint density at radius 3 is 2.76 bits per heavy atom. The normalized spacial score (nSPS) is 12.4. The lowest BCUT2D eigenvalue weighted by Crippen LogP contribution is -1.96. The van der Waals surface area contributed by atoms with Crippen LogP contribution in [0.25, 0.3) is 11.3 Å². The van der Waals surface area contributed by atoms with Gasteiger partial charge in [0.15, 0.2) is 0 Å². The summed E-state index contributed by atoms with van der Waals surface area (Å²) >= 11 is 0. The molecular weight excluding hydrogens is 221 g/mol. The quantitative estimate of drug-likeness (QED) is 0.859. The highest BCUT2D eigenvalue weighted by atomic mass is 19.1. The second kappa shape index (κ2) is 4.45. The third-order valence-corrected chi connectivity index (χ3v) is 2.57. The number of aromatic nitrogens is 2. The lowest BCUT2D eigenvalue weighted by molar-refractivity contribution is 0.347. The van der Waals surface area contributed by atoms with Crippen LogP contribution in [-0.2, 0) is 0 Å². The van der Waals surface area contributed by atoms with E-state index in [2.05, 4.69) is 10.2 Å². The molecule has 0 aliphatic carbocycles. The Labute approximate surface area is 98.6 Å². The van der Waals surface area contributed by atoms with Gasteiger partial charge in [-0.3, -0.25) is 5.10 Å². The highest BCUT2D eigenvalue weighted by Crippen LogP contribution is 2.36. The maximum atomic E-state index is 13.5. The molecule has 2 rings (SSSR count). The van der Waals surface area contributed by atoms with Gasteiger partial charge in [-0.15, -0.1) is 0 Å². The van der Waals surface area contributed by atoms with Crippen LogP contribution >= 0.6 is 0 Å². The summed E-state index contributed by atoms with van der Waals surface area (Å²) in [4.78, 5) is 0. The number of hydrogen-bond donors (Lipinski definition) is 2. The molecule has 2 aromatic rings. The van der Waals surface area contributed by atoms with Gasteiger partial charge in [-0.05, 0) is 13.0 Å². The summed E-state index contributed by atoms with van der Waals surface area (Å²) in [6, 6.07) is 7.00. The van der Waals surface area contributed by atoms with Gasteiger partial charge in [0.05, 0.1) is 12.8 Å². The molecule has 0 spiro atoms. The summed E-state index contributed by atoms with van der Waals surface area (Å²) in [5.74, 6) is 0.895. The van der Waals surface area contributed by atoms with E-state index in [1.807, 2.05) is 6.07 Å². The molecule has 0 aliphatic rings. The summed E-state index contributed by atoms with van der Waals surface area (Å²) < 4.78 is 18.7. The summed E-state index contributed by atoms with van der Waals surface area (Å²) in [6.45, 7) is 1.48. The summed E-state index contributed by atoms with van der Waals surface area (Å²) in [6.07, 6.45) is -1.09. The van der Waals surface area contributed by atoms with E-state index in [1.54, 1.807) is 18.2 Å². The Balaban J connectivity index is 2.58. The van der Waals surface area contributed by atoms with Crippen LogP contribution in [0.5, 0.6) is 5.75 Å². The van der Waals surface area contributed by atoms with E-state index in [4.69, 9.17) is 10.5 Å². The molecule has 90 valence electrons. The topological polar surface area (TPSA) is 63.9 Å². The van der Waals surface area contributed by atoms with Gasteiger partial charge in [0, 0.05) is 17.2 Å². The van der Waals surface area contributed by atoms with Gasteiger partial charge in [-0.25, -0.2) is 4.39 Å². The van der Waals surface area contributed by atoms with Gasteiger partial charge in [-0.2, -0.15) is 5.10 Å². The van der Waals surface area contributed by atoms with Crippen molar-refractivity contribution >= 4 is 5.82 Å². The fraction of sp³-hybridized carbons (Fsp3) is 0.250. The van der Waals surface area contributed by atoms with Crippen LogP contribution < -0.4 is 10.5 Å².